The third-order valence-electron chi connectivity index (χ3n) is 2.98. The fourth-order valence-electron chi connectivity index (χ4n) is 1.92. The van der Waals surface area contributed by atoms with Crippen molar-refractivity contribution >= 4 is 11.9 Å². The van der Waals surface area contributed by atoms with Gasteiger partial charge in [-0.25, -0.2) is 0 Å². The molecule has 0 aliphatic carbocycles. The molecule has 0 aliphatic rings. The van der Waals surface area contributed by atoms with Crippen molar-refractivity contribution in [1.29, 1.82) is 0 Å². The summed E-state index contributed by atoms with van der Waals surface area (Å²) in [6.07, 6.45) is 0. The van der Waals surface area contributed by atoms with E-state index in [1.807, 2.05) is 49.3 Å². The van der Waals surface area contributed by atoms with Gasteiger partial charge in [-0.3, -0.25) is 9.89 Å². The molecule has 0 fully saturated rings. The summed E-state index contributed by atoms with van der Waals surface area (Å²) in [7, 11) is 3.94. The van der Waals surface area contributed by atoms with Crippen LogP contribution in [0, 0.1) is 0 Å². The van der Waals surface area contributed by atoms with Gasteiger partial charge in [0.2, 0.25) is 11.8 Å². The van der Waals surface area contributed by atoms with Gasteiger partial charge < -0.3 is 16.0 Å². The van der Waals surface area contributed by atoms with Gasteiger partial charge in [0.25, 0.3) is 5.91 Å². The highest BCUT2D eigenvalue weighted by Crippen LogP contribution is 2.16. The molecule has 1 unspecified atom stereocenters. The number of aromatic amines is 1. The Hall–Kier alpha value is -2.41. The average molecular weight is 274 g/mol. The summed E-state index contributed by atoms with van der Waals surface area (Å²) in [4.78, 5) is 17.7. The molecule has 7 nitrogen and oxygen atoms in total. The van der Waals surface area contributed by atoms with Gasteiger partial charge in [-0.15, -0.1) is 5.10 Å². The molecule has 1 heterocycles. The molecule has 0 saturated heterocycles. The monoisotopic (exact) mass is 274 g/mol. The maximum atomic E-state index is 11.9. The van der Waals surface area contributed by atoms with Crippen molar-refractivity contribution in [3.63, 3.8) is 0 Å². The molecule has 1 aromatic heterocycles. The highest BCUT2D eigenvalue weighted by atomic mass is 16.2. The third-order valence-corrected chi connectivity index (χ3v) is 2.98. The van der Waals surface area contributed by atoms with E-state index in [4.69, 9.17) is 5.73 Å². The number of hydrogen-bond acceptors (Lipinski definition) is 5. The Morgan fingerprint density at radius 1 is 1.40 bits per heavy atom. The number of carbonyl (C=O) groups excluding carboxylic acids is 1. The number of benzene rings is 1. The van der Waals surface area contributed by atoms with Gasteiger partial charge in [0.05, 0.1) is 6.04 Å². The van der Waals surface area contributed by atoms with E-state index in [2.05, 4.69) is 20.5 Å². The zero-order chi connectivity index (χ0) is 14.5. The summed E-state index contributed by atoms with van der Waals surface area (Å²) in [5, 5.41) is 8.94. The standard InChI is InChI=1S/C13H18N6O/c1-19(2)10(9-6-4-3-5-7-9)8-15-12(20)11-16-13(14)18-17-11/h3-7,10H,8H2,1-2H3,(H,15,20)(H3,14,16,17,18). The van der Waals surface area contributed by atoms with Crippen molar-refractivity contribution < 1.29 is 4.79 Å². The second-order valence-corrected chi connectivity index (χ2v) is 4.64. The molecule has 1 atom stereocenters. The van der Waals surface area contributed by atoms with E-state index in [0.29, 0.717) is 6.54 Å². The van der Waals surface area contributed by atoms with Crippen molar-refractivity contribution in [1.82, 2.24) is 25.4 Å². The molecule has 0 saturated carbocycles. The van der Waals surface area contributed by atoms with Crippen molar-refractivity contribution in [2.45, 2.75) is 6.04 Å². The molecule has 2 rings (SSSR count). The highest BCUT2D eigenvalue weighted by molar-refractivity contribution is 5.90. The summed E-state index contributed by atoms with van der Waals surface area (Å²) in [6.45, 7) is 0.469. The van der Waals surface area contributed by atoms with Crippen molar-refractivity contribution in [3.05, 3.63) is 41.7 Å². The second kappa shape index (κ2) is 6.16. The van der Waals surface area contributed by atoms with Crippen LogP contribution in [0.3, 0.4) is 0 Å². The smallest absolute Gasteiger partial charge is 0.288 e. The van der Waals surface area contributed by atoms with Crippen LogP contribution < -0.4 is 11.1 Å². The van der Waals surface area contributed by atoms with Gasteiger partial charge in [-0.1, -0.05) is 30.3 Å². The quantitative estimate of drug-likeness (QED) is 0.733. The van der Waals surface area contributed by atoms with Crippen LogP contribution in [0.25, 0.3) is 0 Å². The Morgan fingerprint density at radius 3 is 2.65 bits per heavy atom. The van der Waals surface area contributed by atoms with E-state index in [0.717, 1.165) is 5.56 Å². The molecule has 7 heteroatoms. The number of amides is 1. The Labute approximate surface area is 117 Å². The Balaban J connectivity index is 2.01. The van der Waals surface area contributed by atoms with Crippen LogP contribution >= 0.6 is 0 Å². The van der Waals surface area contributed by atoms with Crippen LogP contribution in [0.15, 0.2) is 30.3 Å². The average Bonchev–Trinajstić information content (AvgIpc) is 2.86. The number of rotatable bonds is 5. The largest absolute Gasteiger partial charge is 0.366 e. The summed E-state index contributed by atoms with van der Waals surface area (Å²) in [5.41, 5.74) is 6.50. The number of nitrogen functional groups attached to an aromatic ring is 1. The maximum absolute atomic E-state index is 11.9. The molecule has 4 N–H and O–H groups in total. The molecular weight excluding hydrogens is 256 g/mol. The zero-order valence-corrected chi connectivity index (χ0v) is 11.5. The number of anilines is 1. The first-order valence-corrected chi connectivity index (χ1v) is 6.25. The third kappa shape index (κ3) is 3.33. The Kier molecular flexibility index (Phi) is 4.31. The second-order valence-electron chi connectivity index (χ2n) is 4.64. The van der Waals surface area contributed by atoms with E-state index < -0.39 is 0 Å². The normalized spacial score (nSPS) is 12.3. The van der Waals surface area contributed by atoms with Crippen LogP contribution in [0.1, 0.15) is 22.2 Å². The number of likely N-dealkylation sites (N-methyl/N-ethyl adjacent to an activating group) is 1. The molecule has 0 radical (unpaired) electrons. The van der Waals surface area contributed by atoms with Crippen LogP contribution in [0.4, 0.5) is 5.95 Å². The molecular formula is C13H18N6O. The van der Waals surface area contributed by atoms with Gasteiger partial charge in [-0.2, -0.15) is 4.98 Å². The van der Waals surface area contributed by atoms with E-state index in [1.54, 1.807) is 0 Å². The number of H-pyrrole nitrogens is 1. The molecule has 20 heavy (non-hydrogen) atoms. The highest BCUT2D eigenvalue weighted by Gasteiger charge is 2.17. The molecule has 106 valence electrons. The fourth-order valence-corrected chi connectivity index (χ4v) is 1.92. The molecule has 0 spiro atoms. The van der Waals surface area contributed by atoms with Gasteiger partial charge in [0.1, 0.15) is 0 Å². The van der Waals surface area contributed by atoms with Crippen LogP contribution in [0.2, 0.25) is 0 Å². The minimum atomic E-state index is -0.322. The lowest BCUT2D eigenvalue weighted by Gasteiger charge is -2.24. The van der Waals surface area contributed by atoms with Crippen molar-refractivity contribution in [2.24, 2.45) is 0 Å². The first kappa shape index (κ1) is 14.0. The minimum absolute atomic E-state index is 0.0577. The molecule has 1 amide bonds. The van der Waals surface area contributed by atoms with E-state index in [-0.39, 0.29) is 23.7 Å². The fraction of sp³-hybridized carbons (Fsp3) is 0.308. The number of hydrogen-bond donors (Lipinski definition) is 3. The molecule has 1 aromatic carbocycles. The number of nitrogens with zero attached hydrogens (tertiary/aromatic N) is 3. The lowest BCUT2D eigenvalue weighted by atomic mass is 10.1. The number of nitrogens with one attached hydrogen (secondary N) is 2. The van der Waals surface area contributed by atoms with Crippen LogP contribution in [0.5, 0.6) is 0 Å². The summed E-state index contributed by atoms with van der Waals surface area (Å²) < 4.78 is 0. The van der Waals surface area contributed by atoms with Crippen LogP contribution in [-0.4, -0.2) is 46.6 Å². The maximum Gasteiger partial charge on any atom is 0.288 e. The van der Waals surface area contributed by atoms with Gasteiger partial charge >= 0.3 is 0 Å². The van der Waals surface area contributed by atoms with Gasteiger partial charge in [0, 0.05) is 6.54 Å². The Morgan fingerprint density at radius 2 is 2.10 bits per heavy atom. The first-order chi connectivity index (χ1) is 9.58. The topological polar surface area (TPSA) is 99.9 Å². The van der Waals surface area contributed by atoms with Gasteiger partial charge in [-0.05, 0) is 19.7 Å². The van der Waals surface area contributed by atoms with Gasteiger partial charge in [0.15, 0.2) is 0 Å². The predicted molar refractivity (Wildman–Crippen MR) is 76.0 cm³/mol. The number of nitrogens with two attached hydrogens (primary N) is 1. The molecule has 0 aliphatic heterocycles. The number of carbonyl (C=O) groups is 1. The summed E-state index contributed by atoms with van der Waals surface area (Å²) in [5.74, 6) is -0.146. The minimum Gasteiger partial charge on any atom is -0.366 e. The lowest BCUT2D eigenvalue weighted by Crippen LogP contribution is -2.35. The van der Waals surface area contributed by atoms with E-state index >= 15 is 0 Å². The summed E-state index contributed by atoms with van der Waals surface area (Å²) >= 11 is 0. The van der Waals surface area contributed by atoms with E-state index in [1.165, 1.54) is 0 Å². The Bertz CT molecular complexity index is 565. The number of aromatic nitrogens is 3. The first-order valence-electron chi connectivity index (χ1n) is 6.25. The SMILES string of the molecule is CN(C)C(CNC(=O)c1nc(N)n[nH]1)c1ccccc1. The molecule has 0 bridgehead atoms. The molecule has 2 aromatic rings. The summed E-state index contributed by atoms with van der Waals surface area (Å²) in [6, 6.07) is 10.1. The van der Waals surface area contributed by atoms with Crippen molar-refractivity contribution in [2.75, 3.05) is 26.4 Å². The zero-order valence-electron chi connectivity index (χ0n) is 11.5. The lowest BCUT2D eigenvalue weighted by molar-refractivity contribution is 0.0932. The van der Waals surface area contributed by atoms with Crippen LogP contribution in [-0.2, 0) is 0 Å². The predicted octanol–water partition coefficient (Wildman–Crippen LogP) is 0.420. The van der Waals surface area contributed by atoms with Crippen molar-refractivity contribution in [3.8, 4) is 0 Å². The van der Waals surface area contributed by atoms with E-state index in [9.17, 15) is 4.79 Å².